The van der Waals surface area contributed by atoms with E-state index < -0.39 is 0 Å². The van der Waals surface area contributed by atoms with E-state index in [2.05, 4.69) is 50.3 Å². The summed E-state index contributed by atoms with van der Waals surface area (Å²) in [6, 6.07) is 8.48. The van der Waals surface area contributed by atoms with Crippen molar-refractivity contribution in [3.05, 3.63) is 53.8 Å². The average Bonchev–Trinajstić information content (AvgIpc) is 2.40. The average molecular weight is 228 g/mol. The first kappa shape index (κ1) is 12.0. The van der Waals surface area contributed by atoms with Gasteiger partial charge in [-0.1, -0.05) is 38.1 Å². The van der Waals surface area contributed by atoms with Crippen LogP contribution in [0.4, 0.5) is 0 Å². The highest BCUT2D eigenvalue weighted by Crippen LogP contribution is 2.24. The highest BCUT2D eigenvalue weighted by Gasteiger charge is 2.05. The topological polar surface area (TPSA) is 9.23 Å². The van der Waals surface area contributed by atoms with Crippen LogP contribution in [0.25, 0.3) is 0 Å². The summed E-state index contributed by atoms with van der Waals surface area (Å²) in [5, 5.41) is 0. The normalized spacial score (nSPS) is 16.5. The molecule has 1 aromatic rings. The third kappa shape index (κ3) is 3.23. The van der Waals surface area contributed by atoms with Crippen molar-refractivity contribution in [1.82, 2.24) is 0 Å². The SMILES string of the molecule is CCC(C)c1ccc(OC2=CC=CCC2)cc1. The van der Waals surface area contributed by atoms with E-state index in [0.717, 1.165) is 24.4 Å². The molecule has 17 heavy (non-hydrogen) atoms. The molecule has 1 nitrogen and oxygen atoms in total. The lowest BCUT2D eigenvalue weighted by atomic mass is 9.99. The molecule has 0 bridgehead atoms. The van der Waals surface area contributed by atoms with E-state index in [1.807, 2.05) is 6.08 Å². The molecule has 1 atom stereocenters. The van der Waals surface area contributed by atoms with Gasteiger partial charge in [-0.25, -0.2) is 0 Å². The monoisotopic (exact) mass is 228 g/mol. The van der Waals surface area contributed by atoms with Gasteiger partial charge >= 0.3 is 0 Å². The van der Waals surface area contributed by atoms with Crippen LogP contribution in [-0.4, -0.2) is 0 Å². The molecule has 1 heteroatoms. The molecule has 1 aliphatic carbocycles. The summed E-state index contributed by atoms with van der Waals surface area (Å²) in [6.45, 7) is 4.47. The zero-order valence-electron chi connectivity index (χ0n) is 10.6. The molecule has 0 radical (unpaired) electrons. The summed E-state index contributed by atoms with van der Waals surface area (Å²) in [5.74, 6) is 2.63. The zero-order valence-corrected chi connectivity index (χ0v) is 10.6. The van der Waals surface area contributed by atoms with E-state index in [1.165, 1.54) is 12.0 Å². The van der Waals surface area contributed by atoms with Gasteiger partial charge in [-0.2, -0.15) is 0 Å². The lowest BCUT2D eigenvalue weighted by Crippen LogP contribution is -1.98. The molecule has 0 N–H and O–H groups in total. The minimum atomic E-state index is 0.626. The highest BCUT2D eigenvalue weighted by molar-refractivity contribution is 5.31. The molecular weight excluding hydrogens is 208 g/mol. The lowest BCUT2D eigenvalue weighted by Gasteiger charge is -2.13. The van der Waals surface area contributed by atoms with E-state index in [9.17, 15) is 0 Å². The summed E-state index contributed by atoms with van der Waals surface area (Å²) in [5.41, 5.74) is 1.39. The van der Waals surface area contributed by atoms with Crippen molar-refractivity contribution in [2.45, 2.75) is 39.0 Å². The van der Waals surface area contributed by atoms with Crippen LogP contribution in [0.3, 0.4) is 0 Å². The van der Waals surface area contributed by atoms with Crippen LogP contribution in [-0.2, 0) is 0 Å². The van der Waals surface area contributed by atoms with Gasteiger partial charge in [0.05, 0.1) is 0 Å². The second-order valence-electron chi connectivity index (χ2n) is 4.58. The van der Waals surface area contributed by atoms with Crippen LogP contribution >= 0.6 is 0 Å². The Morgan fingerprint density at radius 1 is 1.24 bits per heavy atom. The van der Waals surface area contributed by atoms with E-state index >= 15 is 0 Å². The number of ether oxygens (including phenoxy) is 1. The fourth-order valence-corrected chi connectivity index (χ4v) is 1.92. The van der Waals surface area contributed by atoms with Crippen LogP contribution in [0, 0.1) is 0 Å². The smallest absolute Gasteiger partial charge is 0.126 e. The number of rotatable bonds is 4. The second-order valence-corrected chi connectivity index (χ2v) is 4.58. The first-order valence-electron chi connectivity index (χ1n) is 6.43. The Bertz CT molecular complexity index is 412. The van der Waals surface area contributed by atoms with Crippen LogP contribution in [0.2, 0.25) is 0 Å². The molecule has 0 heterocycles. The number of hydrogen-bond acceptors (Lipinski definition) is 1. The van der Waals surface area contributed by atoms with Crippen molar-refractivity contribution in [3.8, 4) is 5.75 Å². The van der Waals surface area contributed by atoms with Crippen molar-refractivity contribution >= 4 is 0 Å². The maximum absolute atomic E-state index is 5.83. The van der Waals surface area contributed by atoms with Crippen LogP contribution < -0.4 is 4.74 Å². The summed E-state index contributed by atoms with van der Waals surface area (Å²) in [7, 11) is 0. The summed E-state index contributed by atoms with van der Waals surface area (Å²) < 4.78 is 5.83. The van der Waals surface area contributed by atoms with Crippen LogP contribution in [0.5, 0.6) is 5.75 Å². The molecule has 0 spiro atoms. The first-order chi connectivity index (χ1) is 8.29. The Labute approximate surface area is 104 Å². The molecule has 90 valence electrons. The molecule has 0 aliphatic heterocycles. The highest BCUT2D eigenvalue weighted by atomic mass is 16.5. The van der Waals surface area contributed by atoms with Gasteiger partial charge in [0.2, 0.25) is 0 Å². The van der Waals surface area contributed by atoms with Gasteiger partial charge in [-0.05, 0) is 42.5 Å². The van der Waals surface area contributed by atoms with E-state index in [4.69, 9.17) is 4.74 Å². The minimum Gasteiger partial charge on any atom is -0.462 e. The summed E-state index contributed by atoms with van der Waals surface area (Å²) in [6.07, 6.45) is 9.54. The molecular formula is C16H20O. The van der Waals surface area contributed by atoms with Crippen molar-refractivity contribution < 1.29 is 4.74 Å². The molecule has 0 saturated heterocycles. The number of allylic oxidation sites excluding steroid dienone is 4. The molecule has 0 aromatic heterocycles. The Kier molecular flexibility index (Phi) is 4.03. The van der Waals surface area contributed by atoms with Gasteiger partial charge in [-0.3, -0.25) is 0 Å². The fourth-order valence-electron chi connectivity index (χ4n) is 1.92. The molecule has 1 unspecified atom stereocenters. The third-order valence-corrected chi connectivity index (χ3v) is 3.29. The maximum atomic E-state index is 5.83. The molecule has 1 aromatic carbocycles. The van der Waals surface area contributed by atoms with Crippen molar-refractivity contribution in [1.29, 1.82) is 0 Å². The molecule has 1 aliphatic rings. The van der Waals surface area contributed by atoms with Crippen LogP contribution in [0.1, 0.15) is 44.6 Å². The van der Waals surface area contributed by atoms with Gasteiger partial charge in [0.25, 0.3) is 0 Å². The zero-order chi connectivity index (χ0) is 12.1. The van der Waals surface area contributed by atoms with Crippen LogP contribution in [0.15, 0.2) is 48.3 Å². The van der Waals surface area contributed by atoms with Gasteiger partial charge in [0.1, 0.15) is 11.5 Å². The second kappa shape index (κ2) is 5.72. The van der Waals surface area contributed by atoms with E-state index in [0.29, 0.717) is 5.92 Å². The van der Waals surface area contributed by atoms with Gasteiger partial charge in [0.15, 0.2) is 0 Å². The predicted octanol–water partition coefficient (Wildman–Crippen LogP) is 4.81. The van der Waals surface area contributed by atoms with Crippen molar-refractivity contribution in [3.63, 3.8) is 0 Å². The van der Waals surface area contributed by atoms with Crippen molar-refractivity contribution in [2.24, 2.45) is 0 Å². The Morgan fingerprint density at radius 3 is 2.59 bits per heavy atom. The Balaban J connectivity index is 2.03. The third-order valence-electron chi connectivity index (χ3n) is 3.29. The lowest BCUT2D eigenvalue weighted by molar-refractivity contribution is 0.402. The van der Waals surface area contributed by atoms with Gasteiger partial charge in [-0.15, -0.1) is 0 Å². The largest absolute Gasteiger partial charge is 0.462 e. The maximum Gasteiger partial charge on any atom is 0.126 e. The first-order valence-corrected chi connectivity index (χ1v) is 6.43. The number of benzene rings is 1. The minimum absolute atomic E-state index is 0.626. The van der Waals surface area contributed by atoms with Gasteiger partial charge in [0, 0.05) is 6.42 Å². The summed E-state index contributed by atoms with van der Waals surface area (Å²) in [4.78, 5) is 0. The molecule has 0 amide bonds. The molecule has 0 saturated carbocycles. The fraction of sp³-hybridized carbons (Fsp3) is 0.375. The quantitative estimate of drug-likeness (QED) is 0.718. The standard InChI is InChI=1S/C16H20O/c1-3-13(2)14-9-11-16(12-10-14)17-15-7-5-4-6-8-15/h4-5,7,9-13H,3,6,8H2,1-2H3. The van der Waals surface area contributed by atoms with Gasteiger partial charge < -0.3 is 4.74 Å². The van der Waals surface area contributed by atoms with E-state index in [-0.39, 0.29) is 0 Å². The Hall–Kier alpha value is -1.50. The van der Waals surface area contributed by atoms with Crippen molar-refractivity contribution in [2.75, 3.05) is 0 Å². The summed E-state index contributed by atoms with van der Waals surface area (Å²) >= 11 is 0. The predicted molar refractivity (Wildman–Crippen MR) is 72.2 cm³/mol. The number of hydrogen-bond donors (Lipinski definition) is 0. The van der Waals surface area contributed by atoms with E-state index in [1.54, 1.807) is 0 Å². The molecule has 0 fully saturated rings. The Morgan fingerprint density at radius 2 is 2.00 bits per heavy atom. The molecule has 2 rings (SSSR count).